The maximum Gasteiger partial charge on any atom is 0.417 e. The van der Waals surface area contributed by atoms with Crippen molar-refractivity contribution < 1.29 is 107 Å². The van der Waals surface area contributed by atoms with Crippen LogP contribution >= 0.6 is 0 Å². The Hall–Kier alpha value is -18.4. The fraction of sp³-hybridized carbons (Fsp3) is 0.0784. The molecule has 736 valence electrons. The van der Waals surface area contributed by atoms with Crippen molar-refractivity contribution in [1.29, 1.82) is 0 Å². The molecule has 0 bridgehead atoms. The summed E-state index contributed by atoms with van der Waals surface area (Å²) in [4.78, 5) is 85.1. The lowest BCUT2D eigenvalue weighted by Crippen LogP contribution is -2.16. The smallest absolute Gasteiger partial charge is 0.350 e. The van der Waals surface area contributed by atoms with Crippen LogP contribution in [-0.2, 0) is 47.6 Å². The van der Waals surface area contributed by atoms with Crippen LogP contribution in [0.3, 0.4) is 0 Å². The van der Waals surface area contributed by atoms with Crippen molar-refractivity contribution in [2.45, 2.75) is 19.3 Å². The molecule has 0 saturated heterocycles. The number of alkyl halides is 6. The highest BCUT2D eigenvalue weighted by Crippen LogP contribution is 2.39. The summed E-state index contributed by atoms with van der Waals surface area (Å²) in [6, 6.07) is 51.9. The number of carbonyl (C=O) groups is 5. The molecule has 0 aliphatic carbocycles. The molecule has 0 unspecified atom stereocenters. The Morgan fingerprint density at radius 1 is 0.255 bits per heavy atom. The molecule has 0 radical (unpaired) electrons. The van der Waals surface area contributed by atoms with Crippen molar-refractivity contribution >= 4 is 58.6 Å². The van der Waals surface area contributed by atoms with E-state index in [1.807, 2.05) is 19.1 Å². The van der Waals surface area contributed by atoms with E-state index >= 15 is 0 Å². The van der Waals surface area contributed by atoms with Gasteiger partial charge in [-0.15, -0.1) is 0 Å². The number of aryl methyl sites for hydroxylation is 6. The molecular formula is C102H70F19N19O5. The molecule has 10 heterocycles. The molecule has 10 aromatic heterocycles. The van der Waals surface area contributed by atoms with Gasteiger partial charge in [-0.05, 0) is 182 Å². The molecule has 18 aromatic rings. The van der Waals surface area contributed by atoms with Gasteiger partial charge in [0.25, 0.3) is 29.5 Å². The number of amides is 5. The first kappa shape index (κ1) is 103. The summed E-state index contributed by atoms with van der Waals surface area (Å²) < 4.78 is 264. The van der Waals surface area contributed by atoms with E-state index in [0.717, 1.165) is 109 Å². The molecule has 0 spiro atoms. The Balaban J connectivity index is 0.000000144. The normalized spacial score (nSPS) is 11.1. The number of aromatic nitrogens is 14. The summed E-state index contributed by atoms with van der Waals surface area (Å²) >= 11 is 0. The van der Waals surface area contributed by atoms with Crippen LogP contribution in [0.15, 0.2) is 286 Å². The number of anilines is 5. The van der Waals surface area contributed by atoms with Crippen molar-refractivity contribution in [2.24, 2.45) is 35.2 Å². The Morgan fingerprint density at radius 3 is 0.821 bits per heavy atom. The summed E-state index contributed by atoms with van der Waals surface area (Å²) in [5.74, 6) is -14.3. The molecule has 0 atom stereocenters. The van der Waals surface area contributed by atoms with Crippen LogP contribution in [0, 0.1) is 82.5 Å². The monoisotopic (exact) mass is 2000 g/mol. The minimum absolute atomic E-state index is 0.00310. The van der Waals surface area contributed by atoms with Gasteiger partial charge < -0.3 is 35.7 Å². The standard InChI is InChI=1S/C23H18F2N4O.C22H14F4N4O.C22H15F3N4O.C18H12F5N3O.C17H11F5N4O/c1-14-6-3-4-7-16(14)23(30)27-21-11-10-15(13-26-21)20-12-19(28-29(20)2)22-17(24)8-5-9-18(22)25;1-30-18(10-17(29-30)20-13(23)4-2-5-14(20)24)12-8-9-19(27-11-12)28-22(31)21-15(25)6-3-7-16(21)26;1-29-19(11-18(28-29)21-16(24)7-4-8-17(21)25)13-9-10-20(26-12-13)27-22(30)14-5-2-3-6-15(14)23;1-26-9-11(18(21,22)23)7-14(26)10-5-6-15(24-8-10)25-17(27)16-12(19)3-2-4-13(16)20;1-26-8-9(17(20,21)22)5-13(26)12-6-24-14(7-23-12)25-16(27)15-10(18)3-2-4-11(15)19/h3-13H,1-2H3,(H,26,27,30);2-11H,1H3,(H,27,28,31);2-12H,1H3,(H,26,27,30);2-9H,1H3,(H,24,25,27);2-8H,1H3,(H,24,25,27). The van der Waals surface area contributed by atoms with E-state index < -0.39 is 139 Å². The van der Waals surface area contributed by atoms with Crippen molar-refractivity contribution in [3.63, 3.8) is 0 Å². The highest BCUT2D eigenvalue weighted by molar-refractivity contribution is 6.07. The molecule has 5 N–H and O–H groups in total. The molecule has 0 aliphatic heterocycles. The minimum atomic E-state index is -4.50. The van der Waals surface area contributed by atoms with E-state index in [0.29, 0.717) is 50.7 Å². The fourth-order valence-electron chi connectivity index (χ4n) is 14.3. The van der Waals surface area contributed by atoms with Crippen LogP contribution in [0.2, 0.25) is 0 Å². The summed E-state index contributed by atoms with van der Waals surface area (Å²) in [7, 11) is 7.81. The highest BCUT2D eigenvalue weighted by Gasteiger charge is 2.35. The van der Waals surface area contributed by atoms with Gasteiger partial charge in [0, 0.05) is 106 Å². The summed E-state index contributed by atoms with van der Waals surface area (Å²) in [6.07, 6.45) is 0.813. The minimum Gasteiger partial charge on any atom is -0.350 e. The van der Waals surface area contributed by atoms with Gasteiger partial charge in [-0.2, -0.15) is 41.6 Å². The lowest BCUT2D eigenvalue weighted by atomic mass is 10.1. The van der Waals surface area contributed by atoms with E-state index in [1.54, 1.807) is 88.0 Å². The van der Waals surface area contributed by atoms with Gasteiger partial charge in [0.2, 0.25) is 0 Å². The summed E-state index contributed by atoms with van der Waals surface area (Å²) in [6.45, 7) is 1.86. The quantitative estimate of drug-likeness (QED) is 0.0500. The third-order valence-electron chi connectivity index (χ3n) is 21.4. The molecule has 0 aliphatic rings. The molecule has 8 aromatic carbocycles. The van der Waals surface area contributed by atoms with E-state index in [1.165, 1.54) is 141 Å². The molecule has 5 amide bonds. The molecule has 0 saturated carbocycles. The highest BCUT2D eigenvalue weighted by atomic mass is 19.4. The second-order valence-electron chi connectivity index (χ2n) is 31.2. The van der Waals surface area contributed by atoms with Gasteiger partial charge in [0.1, 0.15) is 121 Å². The van der Waals surface area contributed by atoms with Crippen molar-refractivity contribution in [3.8, 4) is 90.2 Å². The molecule has 18 rings (SSSR count). The number of benzene rings is 8. The lowest BCUT2D eigenvalue weighted by molar-refractivity contribution is -0.138. The Kier molecular flexibility index (Phi) is 31.1. The third kappa shape index (κ3) is 24.2. The first-order valence-corrected chi connectivity index (χ1v) is 42.4. The Morgan fingerprint density at radius 2 is 0.524 bits per heavy atom. The van der Waals surface area contributed by atoms with E-state index in [2.05, 4.69) is 71.8 Å². The maximum atomic E-state index is 14.1. The molecule has 24 nitrogen and oxygen atoms in total. The number of hydrogen-bond acceptors (Lipinski definition) is 14. The van der Waals surface area contributed by atoms with Gasteiger partial charge in [-0.3, -0.25) is 38.0 Å². The van der Waals surface area contributed by atoms with Gasteiger partial charge >= 0.3 is 12.4 Å². The maximum absolute atomic E-state index is 14.1. The number of nitrogens with zero attached hydrogens (tertiary/aromatic N) is 14. The third-order valence-corrected chi connectivity index (χ3v) is 21.4. The Bertz CT molecular complexity index is 7390. The average molecular weight is 2000 g/mol. The largest absolute Gasteiger partial charge is 0.417 e. The van der Waals surface area contributed by atoms with Crippen molar-refractivity contribution in [2.75, 3.05) is 26.6 Å². The van der Waals surface area contributed by atoms with Crippen molar-refractivity contribution in [1.82, 2.24) is 68.4 Å². The number of pyridine rings is 4. The second kappa shape index (κ2) is 44.0. The zero-order valence-corrected chi connectivity index (χ0v) is 75.6. The van der Waals surface area contributed by atoms with Crippen LogP contribution in [-0.4, -0.2) is 97.9 Å². The number of carbonyl (C=O) groups excluding carboxylic acids is 5. The second-order valence-corrected chi connectivity index (χ2v) is 31.2. The molecule has 0 fully saturated rings. The average Bonchev–Trinajstić information content (AvgIpc) is 1.64. The predicted octanol–water partition coefficient (Wildman–Crippen LogP) is 23.4. The SMILES string of the molecule is Cc1ccccc1C(=O)Nc1ccc(-c2cc(-c3c(F)cccc3F)nn2C)cn1.Cn1cc(C(F)(F)F)cc1-c1ccc(NC(=O)c2c(F)cccc2F)nc1.Cn1cc(C(F)(F)F)cc1-c1cnc(NC(=O)c2c(F)cccc2F)cn1.Cn1nc(-c2c(F)cccc2F)cc1-c1ccc(NC(=O)c2c(F)cccc2F)nc1.Cn1nc(-c2c(F)cccc2F)cc1-c1ccc(NC(=O)c2ccccc2F)nc1. The fourth-order valence-corrected chi connectivity index (χ4v) is 14.3. The molecule has 43 heteroatoms. The van der Waals surface area contributed by atoms with Gasteiger partial charge in [0.15, 0.2) is 5.82 Å². The van der Waals surface area contributed by atoms with Gasteiger partial charge in [0.05, 0.1) is 85.6 Å². The van der Waals surface area contributed by atoms with Crippen LogP contribution in [0.4, 0.5) is 113 Å². The topological polar surface area (TPSA) is 286 Å². The first-order valence-electron chi connectivity index (χ1n) is 42.4. The van der Waals surface area contributed by atoms with Crippen LogP contribution in [0.5, 0.6) is 0 Å². The zero-order valence-electron chi connectivity index (χ0n) is 75.6. The van der Waals surface area contributed by atoms with Crippen LogP contribution < -0.4 is 26.6 Å². The molecule has 145 heavy (non-hydrogen) atoms. The molecular weight excluding hydrogens is 1930 g/mol. The number of rotatable bonds is 18. The Labute approximate surface area is 808 Å². The van der Waals surface area contributed by atoms with E-state index in [9.17, 15) is 107 Å². The van der Waals surface area contributed by atoms with Crippen LogP contribution in [0.25, 0.3) is 90.2 Å². The number of nitrogens with one attached hydrogen (secondary N) is 5. The zero-order chi connectivity index (χ0) is 104. The lowest BCUT2D eigenvalue weighted by Gasteiger charge is -2.08. The summed E-state index contributed by atoms with van der Waals surface area (Å²) in [5.41, 5.74) is 1.85. The van der Waals surface area contributed by atoms with Crippen LogP contribution in [0.1, 0.15) is 68.5 Å². The van der Waals surface area contributed by atoms with Gasteiger partial charge in [-0.1, -0.05) is 66.7 Å². The first-order chi connectivity index (χ1) is 69.0. The van der Waals surface area contributed by atoms with E-state index in [-0.39, 0.29) is 85.6 Å². The number of hydrogen-bond donors (Lipinski definition) is 5. The predicted molar refractivity (Wildman–Crippen MR) is 497 cm³/mol. The summed E-state index contributed by atoms with van der Waals surface area (Å²) in [5, 5.41) is 24.6. The van der Waals surface area contributed by atoms with Gasteiger partial charge in [-0.25, -0.2) is 87.0 Å². The van der Waals surface area contributed by atoms with E-state index in [4.69, 9.17) is 0 Å². The number of halogens is 19. The van der Waals surface area contributed by atoms with Crippen molar-refractivity contribution in [3.05, 3.63) is 406 Å².